The molecule has 3 N–H and O–H groups in total. The summed E-state index contributed by atoms with van der Waals surface area (Å²) in [7, 11) is 0. The first-order chi connectivity index (χ1) is 17.0. The average molecular weight is 479 g/mol. The maximum Gasteiger partial charge on any atom is 0.407 e. The van der Waals surface area contributed by atoms with Gasteiger partial charge in [0.1, 0.15) is 12.6 Å². The minimum absolute atomic E-state index is 0.0423. The molecule has 2 amide bonds. The van der Waals surface area contributed by atoms with Gasteiger partial charge < -0.3 is 20.5 Å². The number of carboxylic acid groups (broad SMARTS) is 1. The average Bonchev–Trinajstić information content (AvgIpc) is 3.19. The molecule has 1 fully saturated rings. The topological polar surface area (TPSA) is 105 Å². The van der Waals surface area contributed by atoms with Gasteiger partial charge in [-0.25, -0.2) is 4.79 Å². The number of nitrogens with one attached hydrogen (secondary N) is 2. The van der Waals surface area contributed by atoms with Crippen molar-refractivity contribution in [3.05, 3.63) is 59.7 Å². The van der Waals surface area contributed by atoms with Crippen molar-refractivity contribution < 1.29 is 24.2 Å². The number of ether oxygens (including phenoxy) is 1. The second-order valence-electron chi connectivity index (χ2n) is 9.52. The standard InChI is InChI=1S/C28H34N2O5/c1-2-24(27(33)29-25-14-8-3-9-18(25)15-16-26(31)32)30-28(34)35-17-23-21-12-6-4-10-19(21)20-11-5-7-13-22(20)23/h4-7,10-13,18,23-25H,2-3,8-9,14-17H2,1H3,(H,29,33)(H,30,34)(H,31,32)/t18?,24-,25?/m1/s1. The van der Waals surface area contributed by atoms with Crippen LogP contribution in [0, 0.1) is 5.92 Å². The van der Waals surface area contributed by atoms with Crippen LogP contribution in [0.1, 0.15) is 68.9 Å². The molecule has 2 aromatic rings. The number of aliphatic carboxylic acids is 1. The number of benzene rings is 2. The van der Waals surface area contributed by atoms with Crippen molar-refractivity contribution >= 4 is 18.0 Å². The quantitative estimate of drug-likeness (QED) is 0.478. The van der Waals surface area contributed by atoms with E-state index in [1.807, 2.05) is 31.2 Å². The zero-order valence-corrected chi connectivity index (χ0v) is 20.2. The number of amides is 2. The summed E-state index contributed by atoms with van der Waals surface area (Å²) >= 11 is 0. The Morgan fingerprint density at radius 1 is 1.00 bits per heavy atom. The van der Waals surface area contributed by atoms with Gasteiger partial charge in [-0.2, -0.15) is 0 Å². The van der Waals surface area contributed by atoms with Gasteiger partial charge in [-0.3, -0.25) is 9.59 Å². The van der Waals surface area contributed by atoms with Crippen LogP contribution in [0.25, 0.3) is 11.1 Å². The molecule has 0 radical (unpaired) electrons. The second-order valence-corrected chi connectivity index (χ2v) is 9.52. The van der Waals surface area contributed by atoms with Gasteiger partial charge in [0.05, 0.1) is 0 Å². The lowest BCUT2D eigenvalue weighted by molar-refractivity contribution is -0.137. The predicted octanol–water partition coefficient (Wildman–Crippen LogP) is 4.84. The van der Waals surface area contributed by atoms with Gasteiger partial charge in [0.25, 0.3) is 0 Å². The van der Waals surface area contributed by atoms with Gasteiger partial charge in [0.15, 0.2) is 0 Å². The lowest BCUT2D eigenvalue weighted by Crippen LogP contribution is -2.51. The van der Waals surface area contributed by atoms with Crippen LogP contribution >= 0.6 is 0 Å². The molecule has 4 rings (SSSR count). The van der Waals surface area contributed by atoms with Crippen LogP contribution in [0.2, 0.25) is 0 Å². The highest BCUT2D eigenvalue weighted by molar-refractivity contribution is 5.86. The number of alkyl carbamates (subject to hydrolysis) is 1. The van der Waals surface area contributed by atoms with Crippen LogP contribution in [0.15, 0.2) is 48.5 Å². The maximum atomic E-state index is 13.0. The van der Waals surface area contributed by atoms with Gasteiger partial charge in [0, 0.05) is 18.4 Å². The minimum atomic E-state index is -0.816. The van der Waals surface area contributed by atoms with Crippen molar-refractivity contribution in [2.75, 3.05) is 6.61 Å². The molecule has 0 bridgehead atoms. The van der Waals surface area contributed by atoms with Gasteiger partial charge in [-0.05, 0) is 53.9 Å². The first-order valence-corrected chi connectivity index (χ1v) is 12.6. The number of carbonyl (C=O) groups excluding carboxylic acids is 2. The van der Waals surface area contributed by atoms with Crippen molar-refractivity contribution in [1.82, 2.24) is 10.6 Å². The smallest absolute Gasteiger partial charge is 0.407 e. The van der Waals surface area contributed by atoms with E-state index in [0.29, 0.717) is 12.8 Å². The van der Waals surface area contributed by atoms with Gasteiger partial charge in [0.2, 0.25) is 5.91 Å². The molecule has 2 aliphatic rings. The zero-order chi connectivity index (χ0) is 24.8. The van der Waals surface area contributed by atoms with E-state index in [-0.39, 0.29) is 36.8 Å². The largest absolute Gasteiger partial charge is 0.481 e. The highest BCUT2D eigenvalue weighted by Crippen LogP contribution is 2.44. The number of carbonyl (C=O) groups is 3. The van der Waals surface area contributed by atoms with Crippen molar-refractivity contribution in [2.24, 2.45) is 5.92 Å². The van der Waals surface area contributed by atoms with Crippen LogP contribution in [0.5, 0.6) is 0 Å². The van der Waals surface area contributed by atoms with Crippen LogP contribution in [0.4, 0.5) is 4.79 Å². The second kappa shape index (κ2) is 11.4. The van der Waals surface area contributed by atoms with Crippen LogP contribution in [-0.4, -0.2) is 41.8 Å². The van der Waals surface area contributed by atoms with Crippen molar-refractivity contribution in [3.8, 4) is 11.1 Å². The van der Waals surface area contributed by atoms with E-state index >= 15 is 0 Å². The van der Waals surface area contributed by atoms with E-state index in [2.05, 4.69) is 34.9 Å². The highest BCUT2D eigenvalue weighted by Gasteiger charge is 2.31. The Morgan fingerprint density at radius 2 is 1.63 bits per heavy atom. The first-order valence-electron chi connectivity index (χ1n) is 12.6. The number of hydrogen-bond acceptors (Lipinski definition) is 4. The summed E-state index contributed by atoms with van der Waals surface area (Å²) in [5.41, 5.74) is 4.59. The van der Waals surface area contributed by atoms with E-state index < -0.39 is 18.1 Å². The predicted molar refractivity (Wildman–Crippen MR) is 133 cm³/mol. The molecule has 35 heavy (non-hydrogen) atoms. The molecule has 0 heterocycles. The third-order valence-corrected chi connectivity index (χ3v) is 7.33. The molecule has 7 heteroatoms. The Balaban J connectivity index is 1.33. The summed E-state index contributed by atoms with van der Waals surface area (Å²) in [6.45, 7) is 2.04. The van der Waals surface area contributed by atoms with Crippen molar-refractivity contribution in [2.45, 2.75) is 69.9 Å². The molecular weight excluding hydrogens is 444 g/mol. The number of hydrogen-bond donors (Lipinski definition) is 3. The SMILES string of the molecule is CC[C@@H](NC(=O)OCC1c2ccccc2-c2ccccc21)C(=O)NC1CCCCC1CCC(=O)O. The molecule has 2 aromatic carbocycles. The normalized spacial score (nSPS) is 19.8. The number of fused-ring (bicyclic) bond motifs is 3. The third-order valence-electron chi connectivity index (χ3n) is 7.33. The molecule has 0 aliphatic heterocycles. The number of carboxylic acids is 1. The van der Waals surface area contributed by atoms with Crippen LogP contribution in [0.3, 0.4) is 0 Å². The fraction of sp³-hybridized carbons (Fsp3) is 0.464. The molecule has 3 atom stereocenters. The van der Waals surface area contributed by atoms with Crippen LogP contribution < -0.4 is 10.6 Å². The Labute approximate surface area is 206 Å². The molecule has 0 saturated heterocycles. The molecule has 0 aromatic heterocycles. The van der Waals surface area contributed by atoms with E-state index in [1.54, 1.807) is 0 Å². The lowest BCUT2D eigenvalue weighted by Gasteiger charge is -2.33. The van der Waals surface area contributed by atoms with E-state index in [1.165, 1.54) is 0 Å². The Bertz CT molecular complexity index is 1020. The summed E-state index contributed by atoms with van der Waals surface area (Å²) in [6, 6.07) is 15.5. The molecule has 0 spiro atoms. The third kappa shape index (κ3) is 5.84. The highest BCUT2D eigenvalue weighted by atomic mass is 16.5. The first kappa shape index (κ1) is 24.8. The van der Waals surface area contributed by atoms with E-state index in [9.17, 15) is 14.4 Å². The minimum Gasteiger partial charge on any atom is -0.481 e. The van der Waals surface area contributed by atoms with Crippen LogP contribution in [-0.2, 0) is 14.3 Å². The molecule has 2 unspecified atom stereocenters. The summed E-state index contributed by atoms with van der Waals surface area (Å²) in [5.74, 6) is -0.952. The number of rotatable bonds is 9. The summed E-state index contributed by atoms with van der Waals surface area (Å²) in [6.07, 6.45) is 4.27. The van der Waals surface area contributed by atoms with E-state index in [4.69, 9.17) is 9.84 Å². The summed E-state index contributed by atoms with van der Waals surface area (Å²) in [5, 5.41) is 14.8. The maximum absolute atomic E-state index is 13.0. The fourth-order valence-corrected chi connectivity index (χ4v) is 5.47. The molecular formula is C28H34N2O5. The molecule has 2 aliphatic carbocycles. The van der Waals surface area contributed by atoms with E-state index in [0.717, 1.165) is 47.9 Å². The Kier molecular flexibility index (Phi) is 8.06. The molecule has 1 saturated carbocycles. The Hall–Kier alpha value is -3.35. The summed E-state index contributed by atoms with van der Waals surface area (Å²) < 4.78 is 5.60. The molecule has 186 valence electrons. The lowest BCUT2D eigenvalue weighted by atomic mass is 9.81. The molecule has 7 nitrogen and oxygen atoms in total. The van der Waals surface area contributed by atoms with Crippen molar-refractivity contribution in [3.63, 3.8) is 0 Å². The zero-order valence-electron chi connectivity index (χ0n) is 20.2. The van der Waals surface area contributed by atoms with Gasteiger partial charge in [-0.15, -0.1) is 0 Å². The Morgan fingerprint density at radius 3 is 2.26 bits per heavy atom. The van der Waals surface area contributed by atoms with Gasteiger partial charge >= 0.3 is 12.1 Å². The fourth-order valence-electron chi connectivity index (χ4n) is 5.47. The van der Waals surface area contributed by atoms with Gasteiger partial charge in [-0.1, -0.05) is 68.3 Å². The monoisotopic (exact) mass is 478 g/mol. The van der Waals surface area contributed by atoms with Crippen molar-refractivity contribution in [1.29, 1.82) is 0 Å². The summed E-state index contributed by atoms with van der Waals surface area (Å²) in [4.78, 5) is 36.6.